The Bertz CT molecular complexity index is 658. The van der Waals surface area contributed by atoms with E-state index in [0.717, 1.165) is 5.69 Å². The Morgan fingerprint density at radius 3 is 2.59 bits per heavy atom. The molecule has 2 heterocycles. The van der Waals surface area contributed by atoms with Gasteiger partial charge in [0.1, 0.15) is 5.69 Å². The van der Waals surface area contributed by atoms with Crippen LogP contribution in [-0.2, 0) is 15.6 Å². The van der Waals surface area contributed by atoms with Gasteiger partial charge in [0.2, 0.25) is 10.0 Å². The molecule has 1 amide bonds. The van der Waals surface area contributed by atoms with Gasteiger partial charge < -0.3 is 5.32 Å². The maximum atomic E-state index is 12.1. The van der Waals surface area contributed by atoms with Crippen LogP contribution in [0.25, 0.3) is 0 Å². The fourth-order valence-electron chi connectivity index (χ4n) is 2.59. The Morgan fingerprint density at radius 2 is 2.09 bits per heavy atom. The summed E-state index contributed by atoms with van der Waals surface area (Å²) in [5.74, 6) is -0.0708. The molecule has 1 fully saturated rings. The van der Waals surface area contributed by atoms with Crippen molar-refractivity contribution in [3.05, 3.63) is 17.5 Å². The van der Waals surface area contributed by atoms with Gasteiger partial charge in [0.25, 0.3) is 5.91 Å². The van der Waals surface area contributed by atoms with E-state index < -0.39 is 10.0 Å². The molecular formula is C14H24N4O3S. The summed E-state index contributed by atoms with van der Waals surface area (Å²) in [6, 6.07) is 1.74. The third-order valence-corrected chi connectivity index (χ3v) is 5.56. The van der Waals surface area contributed by atoms with Gasteiger partial charge in [0, 0.05) is 25.3 Å². The largest absolute Gasteiger partial charge is 0.349 e. The molecule has 1 aromatic heterocycles. The molecule has 1 aromatic rings. The van der Waals surface area contributed by atoms with E-state index in [4.69, 9.17) is 0 Å². The first kappa shape index (κ1) is 17.0. The van der Waals surface area contributed by atoms with Crippen molar-refractivity contribution < 1.29 is 13.2 Å². The molecule has 0 aliphatic carbocycles. The number of aromatic nitrogens is 2. The number of amides is 1. The van der Waals surface area contributed by atoms with Crippen molar-refractivity contribution >= 4 is 15.9 Å². The van der Waals surface area contributed by atoms with Crippen molar-refractivity contribution in [3.8, 4) is 0 Å². The summed E-state index contributed by atoms with van der Waals surface area (Å²) in [5, 5.41) is 7.07. The summed E-state index contributed by atoms with van der Waals surface area (Å²) in [6.45, 7) is 9.11. The van der Waals surface area contributed by atoms with Crippen molar-refractivity contribution in [2.45, 2.75) is 39.7 Å². The third kappa shape index (κ3) is 3.67. The maximum Gasteiger partial charge on any atom is 0.271 e. The standard InChI is InChI=1S/C14H24N4O3S/c1-11-10-12(16-18(11)14(2,3)4)13(19)15-6-8-17-7-5-9-22(17,20)21/h10H,5-9H2,1-4H3,(H,15,19). The monoisotopic (exact) mass is 328 g/mol. The Labute approximate surface area is 131 Å². The molecule has 8 heteroatoms. The van der Waals surface area contributed by atoms with Crippen LogP contribution in [0.5, 0.6) is 0 Å². The SMILES string of the molecule is Cc1cc(C(=O)NCCN2CCCS2(=O)=O)nn1C(C)(C)C. The van der Waals surface area contributed by atoms with Gasteiger partial charge in [-0.25, -0.2) is 12.7 Å². The van der Waals surface area contributed by atoms with Gasteiger partial charge in [-0.3, -0.25) is 9.48 Å². The number of sulfonamides is 1. The van der Waals surface area contributed by atoms with E-state index in [1.165, 1.54) is 4.31 Å². The smallest absolute Gasteiger partial charge is 0.271 e. The lowest BCUT2D eigenvalue weighted by atomic mass is 10.1. The molecule has 0 saturated carbocycles. The lowest BCUT2D eigenvalue weighted by Gasteiger charge is -2.21. The van der Waals surface area contributed by atoms with Crippen LogP contribution in [0.15, 0.2) is 6.07 Å². The predicted octanol–water partition coefficient (Wildman–Crippen LogP) is 0.712. The quantitative estimate of drug-likeness (QED) is 0.882. The average molecular weight is 328 g/mol. The molecule has 0 atom stereocenters. The minimum Gasteiger partial charge on any atom is -0.349 e. The second kappa shape index (κ2) is 6.00. The van der Waals surface area contributed by atoms with Crippen LogP contribution < -0.4 is 5.32 Å². The zero-order valence-electron chi connectivity index (χ0n) is 13.6. The Kier molecular flexibility index (Phi) is 4.62. The van der Waals surface area contributed by atoms with E-state index in [1.54, 1.807) is 6.07 Å². The van der Waals surface area contributed by atoms with Gasteiger partial charge in [-0.15, -0.1) is 0 Å². The molecule has 7 nitrogen and oxygen atoms in total. The van der Waals surface area contributed by atoms with Crippen LogP contribution >= 0.6 is 0 Å². The number of nitrogens with zero attached hydrogens (tertiary/aromatic N) is 3. The highest BCUT2D eigenvalue weighted by Crippen LogP contribution is 2.16. The molecule has 124 valence electrons. The molecule has 1 aliphatic rings. The molecule has 0 unspecified atom stereocenters. The van der Waals surface area contributed by atoms with Gasteiger partial charge in [-0.05, 0) is 40.2 Å². The zero-order valence-corrected chi connectivity index (χ0v) is 14.4. The lowest BCUT2D eigenvalue weighted by Crippen LogP contribution is -2.36. The predicted molar refractivity (Wildman–Crippen MR) is 84.3 cm³/mol. The highest BCUT2D eigenvalue weighted by molar-refractivity contribution is 7.89. The Balaban J connectivity index is 1.93. The molecule has 1 N–H and O–H groups in total. The number of nitrogens with one attached hydrogen (secondary N) is 1. The molecule has 22 heavy (non-hydrogen) atoms. The number of hydrogen-bond acceptors (Lipinski definition) is 4. The number of hydrogen-bond donors (Lipinski definition) is 1. The minimum absolute atomic E-state index is 0.188. The topological polar surface area (TPSA) is 84.3 Å². The molecule has 1 aliphatic heterocycles. The number of carbonyl (C=O) groups is 1. The summed E-state index contributed by atoms with van der Waals surface area (Å²) in [5.41, 5.74) is 1.09. The van der Waals surface area contributed by atoms with Crippen molar-refractivity contribution in [1.29, 1.82) is 0 Å². The summed E-state index contributed by atoms with van der Waals surface area (Å²) >= 11 is 0. The number of aryl methyl sites for hydroxylation is 1. The molecule has 2 rings (SSSR count). The van der Waals surface area contributed by atoms with Gasteiger partial charge in [-0.1, -0.05) is 0 Å². The zero-order chi connectivity index (χ0) is 16.5. The van der Waals surface area contributed by atoms with Gasteiger partial charge >= 0.3 is 0 Å². The van der Waals surface area contributed by atoms with Crippen LogP contribution in [0.4, 0.5) is 0 Å². The van der Waals surface area contributed by atoms with E-state index in [9.17, 15) is 13.2 Å². The van der Waals surface area contributed by atoms with Crippen molar-refractivity contribution in [3.63, 3.8) is 0 Å². The van der Waals surface area contributed by atoms with E-state index in [0.29, 0.717) is 31.7 Å². The van der Waals surface area contributed by atoms with Crippen LogP contribution in [0, 0.1) is 6.92 Å². The van der Waals surface area contributed by atoms with Crippen molar-refractivity contribution in [2.75, 3.05) is 25.4 Å². The van der Waals surface area contributed by atoms with Crippen molar-refractivity contribution in [1.82, 2.24) is 19.4 Å². The normalized spacial score (nSPS) is 18.5. The molecule has 0 radical (unpaired) electrons. The van der Waals surface area contributed by atoms with Crippen LogP contribution in [0.3, 0.4) is 0 Å². The van der Waals surface area contributed by atoms with E-state index in [-0.39, 0.29) is 17.2 Å². The lowest BCUT2D eigenvalue weighted by molar-refractivity contribution is 0.0945. The summed E-state index contributed by atoms with van der Waals surface area (Å²) in [6.07, 6.45) is 0.658. The average Bonchev–Trinajstić information content (AvgIpc) is 2.92. The first-order chi connectivity index (χ1) is 10.1. The van der Waals surface area contributed by atoms with Gasteiger partial charge in [0.15, 0.2) is 0 Å². The summed E-state index contributed by atoms with van der Waals surface area (Å²) < 4.78 is 26.6. The van der Waals surface area contributed by atoms with Crippen LogP contribution in [0.1, 0.15) is 43.4 Å². The van der Waals surface area contributed by atoms with Crippen molar-refractivity contribution in [2.24, 2.45) is 0 Å². The van der Waals surface area contributed by atoms with E-state index in [2.05, 4.69) is 10.4 Å². The van der Waals surface area contributed by atoms with Crippen LogP contribution in [-0.4, -0.2) is 53.8 Å². The molecular weight excluding hydrogens is 304 g/mol. The van der Waals surface area contributed by atoms with Gasteiger partial charge in [-0.2, -0.15) is 5.10 Å². The van der Waals surface area contributed by atoms with E-state index >= 15 is 0 Å². The number of rotatable bonds is 4. The second-order valence-electron chi connectivity index (χ2n) is 6.58. The summed E-state index contributed by atoms with van der Waals surface area (Å²) in [7, 11) is -3.11. The van der Waals surface area contributed by atoms with Crippen LogP contribution in [0.2, 0.25) is 0 Å². The fraction of sp³-hybridized carbons (Fsp3) is 0.714. The number of carbonyl (C=O) groups excluding carboxylic acids is 1. The minimum atomic E-state index is -3.11. The summed E-state index contributed by atoms with van der Waals surface area (Å²) in [4.78, 5) is 12.1. The molecule has 0 spiro atoms. The Hall–Kier alpha value is -1.41. The van der Waals surface area contributed by atoms with E-state index in [1.807, 2.05) is 32.4 Å². The maximum absolute atomic E-state index is 12.1. The first-order valence-electron chi connectivity index (χ1n) is 7.44. The highest BCUT2D eigenvalue weighted by Gasteiger charge is 2.27. The first-order valence-corrected chi connectivity index (χ1v) is 9.05. The molecule has 0 aromatic carbocycles. The molecule has 1 saturated heterocycles. The third-order valence-electron chi connectivity index (χ3n) is 3.61. The van der Waals surface area contributed by atoms with Gasteiger partial charge in [0.05, 0.1) is 11.3 Å². The molecule has 0 bridgehead atoms. The second-order valence-corrected chi connectivity index (χ2v) is 8.67. The highest BCUT2D eigenvalue weighted by atomic mass is 32.2. The Morgan fingerprint density at radius 1 is 1.41 bits per heavy atom. The fourth-order valence-corrected chi connectivity index (χ4v) is 4.12.